The van der Waals surface area contributed by atoms with Crippen LogP contribution in [0.25, 0.3) is 0 Å². The molecule has 3 heterocycles. The first kappa shape index (κ1) is 11.5. The molecule has 0 unspecified atom stereocenters. The average molecular weight is 427 g/mol. The Hall–Kier alpha value is 0.428. The molecule has 3 rings (SSSR count). The molecular weight excluding hydrogens is 412 g/mol. The Morgan fingerprint density at radius 3 is 1.25 bits per heavy atom. The first-order chi connectivity index (χ1) is 7.95. The average Bonchev–Trinajstić information content (AvgIpc) is 3.02. The van der Waals surface area contributed by atoms with Gasteiger partial charge < -0.3 is 0 Å². The van der Waals surface area contributed by atoms with Crippen LogP contribution in [0.5, 0.6) is 0 Å². The van der Waals surface area contributed by atoms with Gasteiger partial charge in [0.05, 0.1) is 0 Å². The van der Waals surface area contributed by atoms with Crippen LogP contribution >= 0.6 is 7.92 Å². The molecule has 0 fully saturated rings. The molecule has 86 valence electrons. The monoisotopic (exact) mass is 430 g/mol. The van der Waals surface area contributed by atoms with Crippen LogP contribution in [0.3, 0.4) is 0 Å². The van der Waals surface area contributed by atoms with Crippen molar-refractivity contribution in [2.75, 3.05) is 0 Å². The van der Waals surface area contributed by atoms with E-state index < -0.39 is 0 Å². The Balaban J connectivity index is 1.89. The van der Waals surface area contributed by atoms with Gasteiger partial charge in [0.25, 0.3) is 0 Å². The Morgan fingerprint density at radius 2 is 1.00 bits per heavy atom. The fourth-order valence-corrected chi connectivity index (χ4v) is 19.7. The van der Waals surface area contributed by atoms with E-state index >= 15 is 0 Å². The second-order valence-corrected chi connectivity index (χ2v) is 15.6. The van der Waals surface area contributed by atoms with E-state index in [1.165, 1.54) is 0 Å². The third-order valence-electron chi connectivity index (χ3n) is 2.47. The molecule has 0 nitrogen and oxygen atoms in total. The van der Waals surface area contributed by atoms with Crippen LogP contribution in [0.4, 0.5) is 0 Å². The molecule has 3 aliphatic heterocycles. The standard InChI is InChI=1S/C12H15PSe3/c1-4-10(14-7-1)13(11-5-2-8-15-11)12-6-3-9-16-12/h1-9H,14-16H2. The van der Waals surface area contributed by atoms with Gasteiger partial charge in [-0.15, -0.1) is 0 Å². The van der Waals surface area contributed by atoms with Crippen LogP contribution in [0.1, 0.15) is 0 Å². The summed E-state index contributed by atoms with van der Waals surface area (Å²) in [6, 6.07) is 0. The summed E-state index contributed by atoms with van der Waals surface area (Å²) in [6.45, 7) is 0. The summed E-state index contributed by atoms with van der Waals surface area (Å²) < 4.78 is 5.44. The zero-order valence-corrected chi connectivity index (χ0v) is 15.8. The van der Waals surface area contributed by atoms with E-state index in [1.807, 2.05) is 12.6 Å². The van der Waals surface area contributed by atoms with Gasteiger partial charge in [0, 0.05) is 0 Å². The summed E-state index contributed by atoms with van der Waals surface area (Å²) in [5.41, 5.74) is 0. The topological polar surface area (TPSA) is 0 Å². The number of allylic oxidation sites excluding steroid dienone is 6. The Kier molecular flexibility index (Phi) is 3.87. The van der Waals surface area contributed by atoms with Gasteiger partial charge in [-0.3, -0.25) is 0 Å². The number of rotatable bonds is 3. The van der Waals surface area contributed by atoms with Crippen LogP contribution in [0.15, 0.2) is 64.0 Å². The first-order valence-electron chi connectivity index (χ1n) is 5.15. The molecule has 0 aliphatic carbocycles. The van der Waals surface area contributed by atoms with Crippen LogP contribution in [-0.2, 0) is 0 Å². The Morgan fingerprint density at radius 1 is 0.625 bits per heavy atom. The maximum atomic E-state index is 2.43. The fourth-order valence-electron chi connectivity index (χ4n) is 1.77. The van der Waals surface area contributed by atoms with Crippen LogP contribution in [0, 0.1) is 0 Å². The van der Waals surface area contributed by atoms with Gasteiger partial charge in [-0.2, -0.15) is 0 Å². The van der Waals surface area contributed by atoms with Crippen molar-refractivity contribution in [3.05, 3.63) is 64.0 Å². The summed E-state index contributed by atoms with van der Waals surface area (Å²) in [4.78, 5) is 7.28. The van der Waals surface area contributed by atoms with E-state index in [2.05, 4.69) is 51.4 Å². The third kappa shape index (κ3) is 2.33. The van der Waals surface area contributed by atoms with Crippen molar-refractivity contribution in [1.82, 2.24) is 0 Å². The predicted molar refractivity (Wildman–Crippen MR) is 84.2 cm³/mol. The normalized spacial score (nSPS) is 31.1. The molecule has 0 atom stereocenters. The summed E-state index contributed by atoms with van der Waals surface area (Å²) in [5.74, 6) is 0. The van der Waals surface area contributed by atoms with Crippen LogP contribution in [0.2, 0.25) is 0 Å². The summed E-state index contributed by atoms with van der Waals surface area (Å²) in [5, 5.41) is 0. The van der Waals surface area contributed by atoms with Crippen molar-refractivity contribution in [3.63, 3.8) is 0 Å². The molecule has 4 heteroatoms. The molecule has 3 aliphatic rings. The van der Waals surface area contributed by atoms with Gasteiger partial charge >= 0.3 is 117 Å². The summed E-state index contributed by atoms with van der Waals surface area (Å²) in [7, 11) is -0.00154. The molecule has 0 aromatic carbocycles. The zero-order valence-electron chi connectivity index (χ0n) is 8.64. The third-order valence-corrected chi connectivity index (χ3v) is 15.8. The van der Waals surface area contributed by atoms with E-state index in [4.69, 9.17) is 0 Å². The van der Waals surface area contributed by atoms with Crippen molar-refractivity contribution in [3.8, 4) is 0 Å². The van der Waals surface area contributed by atoms with Gasteiger partial charge in [-0.1, -0.05) is 0 Å². The molecule has 0 saturated carbocycles. The molecule has 0 N–H and O–H groups in total. The molecular formula is C12H15PSe3. The second-order valence-electron chi connectivity index (χ2n) is 3.50. The molecule has 0 bridgehead atoms. The Bertz CT molecular complexity index is 409. The summed E-state index contributed by atoms with van der Waals surface area (Å²) in [6.07, 6.45) is 14.1. The summed E-state index contributed by atoms with van der Waals surface area (Å²) >= 11 is 0.235. The molecule has 16 heavy (non-hydrogen) atoms. The predicted octanol–water partition coefficient (Wildman–Crippen LogP) is 1.08. The van der Waals surface area contributed by atoms with Crippen molar-refractivity contribution >= 4 is 52.8 Å². The van der Waals surface area contributed by atoms with E-state index in [0.29, 0.717) is 0 Å². The van der Waals surface area contributed by atoms with Crippen molar-refractivity contribution in [2.45, 2.75) is 0 Å². The van der Waals surface area contributed by atoms with Crippen molar-refractivity contribution < 1.29 is 0 Å². The molecule has 0 spiro atoms. The van der Waals surface area contributed by atoms with Crippen LogP contribution < -0.4 is 0 Å². The van der Waals surface area contributed by atoms with Crippen LogP contribution in [-0.4, -0.2) is 44.9 Å². The van der Waals surface area contributed by atoms with E-state index in [0.717, 1.165) is 0 Å². The molecule has 0 amide bonds. The van der Waals surface area contributed by atoms with Crippen molar-refractivity contribution in [1.29, 1.82) is 0 Å². The quantitative estimate of drug-likeness (QED) is 0.468. The van der Waals surface area contributed by atoms with Crippen molar-refractivity contribution in [2.24, 2.45) is 0 Å². The second kappa shape index (κ2) is 5.38. The molecule has 0 radical (unpaired) electrons. The number of hydrogen-bond donors (Lipinski definition) is 0. The van der Waals surface area contributed by atoms with E-state index in [9.17, 15) is 0 Å². The first-order valence-corrected chi connectivity index (χ1v) is 13.3. The van der Waals surface area contributed by atoms with Gasteiger partial charge in [-0.25, -0.2) is 0 Å². The fraction of sp³-hybridized carbons (Fsp3) is 0. The minimum atomic E-state index is -0.00154. The van der Waals surface area contributed by atoms with Gasteiger partial charge in [0.15, 0.2) is 0 Å². The van der Waals surface area contributed by atoms with Gasteiger partial charge in [-0.05, 0) is 0 Å². The minimum absolute atomic E-state index is 0.00154. The zero-order chi connectivity index (χ0) is 10.8. The Labute approximate surface area is 116 Å². The number of hydrogen-bond acceptors (Lipinski definition) is 0. The molecule has 0 saturated heterocycles. The maximum absolute atomic E-state index is 2.43. The van der Waals surface area contributed by atoms with Gasteiger partial charge in [0.1, 0.15) is 0 Å². The SMILES string of the molecule is C1=C[SeH2]C(P(C2=CC=C[SeH2]2)C2=CC=C[SeH2]2)=C1. The molecule has 0 aromatic heterocycles. The molecule has 0 aromatic rings. The van der Waals surface area contributed by atoms with E-state index in [-0.39, 0.29) is 52.8 Å². The van der Waals surface area contributed by atoms with E-state index in [1.54, 1.807) is 0 Å². The van der Waals surface area contributed by atoms with Gasteiger partial charge in [0.2, 0.25) is 0 Å².